The average Bonchev–Trinajstić information content (AvgIpc) is 2.19. The monoisotopic (exact) mass is 227 g/mol. The van der Waals surface area contributed by atoms with Crippen LogP contribution in [0.5, 0.6) is 0 Å². The number of benzene rings is 1. The molecule has 6 heteroatoms. The molecule has 0 aliphatic heterocycles. The summed E-state index contributed by atoms with van der Waals surface area (Å²) < 4.78 is 13.3. The first kappa shape index (κ1) is 11.4. The van der Waals surface area contributed by atoms with E-state index >= 15 is 0 Å². The topological polar surface area (TPSA) is 67.2 Å². The lowest BCUT2D eigenvalue weighted by Crippen LogP contribution is -2.24. The zero-order chi connectivity index (χ0) is 11.4. The summed E-state index contributed by atoms with van der Waals surface area (Å²) in [5.41, 5.74) is 5.37. The molecule has 1 aromatic rings. The first-order valence-corrected chi connectivity index (χ1v) is 4.54. The molecule has 80 valence electrons. The summed E-state index contributed by atoms with van der Waals surface area (Å²) in [6.45, 7) is 0. The summed E-state index contributed by atoms with van der Waals surface area (Å²) in [7, 11) is 1.46. The molecular formula is C9H10FN3OS. The Labute approximate surface area is 91.7 Å². The Hall–Kier alpha value is -1.69. The van der Waals surface area contributed by atoms with Crippen LogP contribution in [-0.2, 0) is 0 Å². The minimum atomic E-state index is -0.580. The van der Waals surface area contributed by atoms with Crippen molar-refractivity contribution in [2.75, 3.05) is 12.4 Å². The lowest BCUT2D eigenvalue weighted by molar-refractivity contribution is 0.0963. The zero-order valence-corrected chi connectivity index (χ0v) is 8.82. The van der Waals surface area contributed by atoms with Gasteiger partial charge in [-0.3, -0.25) is 4.79 Å². The number of anilines is 1. The van der Waals surface area contributed by atoms with Gasteiger partial charge in [0.05, 0.1) is 11.3 Å². The minimum Gasteiger partial charge on any atom is -0.376 e. The van der Waals surface area contributed by atoms with Gasteiger partial charge in [-0.1, -0.05) is 6.07 Å². The summed E-state index contributed by atoms with van der Waals surface area (Å²) in [5.74, 6) is -0.989. The molecule has 0 spiro atoms. The van der Waals surface area contributed by atoms with Crippen molar-refractivity contribution in [1.29, 1.82) is 0 Å². The van der Waals surface area contributed by atoms with Crippen molar-refractivity contribution in [3.63, 3.8) is 0 Å². The van der Waals surface area contributed by atoms with Crippen molar-refractivity contribution in [3.8, 4) is 0 Å². The van der Waals surface area contributed by atoms with Crippen LogP contribution < -0.4 is 16.4 Å². The Morgan fingerprint density at radius 2 is 2.20 bits per heavy atom. The van der Waals surface area contributed by atoms with E-state index in [9.17, 15) is 9.18 Å². The molecule has 0 bridgehead atoms. The van der Waals surface area contributed by atoms with Gasteiger partial charge in [-0.25, -0.2) is 4.39 Å². The third-order valence-corrected chi connectivity index (χ3v) is 1.84. The molecule has 0 fully saturated rings. The molecule has 0 radical (unpaired) electrons. The summed E-state index contributed by atoms with van der Waals surface area (Å²) in [6.07, 6.45) is 0. The fourth-order valence-corrected chi connectivity index (χ4v) is 1.20. The van der Waals surface area contributed by atoms with Crippen molar-refractivity contribution in [2.24, 2.45) is 5.73 Å². The molecule has 1 rings (SSSR count). The van der Waals surface area contributed by atoms with Crippen molar-refractivity contribution < 1.29 is 9.18 Å². The van der Waals surface area contributed by atoms with E-state index in [2.05, 4.69) is 22.9 Å². The third kappa shape index (κ3) is 2.63. The van der Waals surface area contributed by atoms with Crippen LogP contribution in [0.1, 0.15) is 10.4 Å². The van der Waals surface area contributed by atoms with E-state index in [0.717, 1.165) is 0 Å². The molecule has 0 heterocycles. The van der Waals surface area contributed by atoms with Crippen LogP contribution in [0.3, 0.4) is 0 Å². The number of hydrogen-bond donors (Lipinski definition) is 3. The molecule has 0 unspecified atom stereocenters. The van der Waals surface area contributed by atoms with E-state index in [-0.39, 0.29) is 16.4 Å². The zero-order valence-electron chi connectivity index (χ0n) is 8.00. The van der Waals surface area contributed by atoms with Gasteiger partial charge in [0.25, 0.3) is 5.91 Å². The van der Waals surface area contributed by atoms with E-state index in [1.54, 1.807) is 0 Å². The standard InChI is InChI=1S/C9H10FN3OS/c1-12-8(14)5-3-2-4-6(10)7(5)13-9(11)15/h2-4H,1H3,(H,12,14)(H3,11,13,15). The molecule has 4 N–H and O–H groups in total. The number of rotatable bonds is 2. The number of para-hydroxylation sites is 1. The van der Waals surface area contributed by atoms with Crippen LogP contribution in [0.4, 0.5) is 10.1 Å². The Balaban J connectivity index is 3.19. The van der Waals surface area contributed by atoms with Gasteiger partial charge in [-0.15, -0.1) is 0 Å². The Morgan fingerprint density at radius 3 is 2.73 bits per heavy atom. The second-order valence-corrected chi connectivity index (χ2v) is 3.17. The van der Waals surface area contributed by atoms with Crippen LogP contribution in [-0.4, -0.2) is 18.1 Å². The van der Waals surface area contributed by atoms with Gasteiger partial charge < -0.3 is 16.4 Å². The number of carbonyl (C=O) groups is 1. The number of thiocarbonyl (C=S) groups is 1. The predicted octanol–water partition coefficient (Wildman–Crippen LogP) is 0.841. The summed E-state index contributed by atoms with van der Waals surface area (Å²) in [5, 5.41) is 4.73. The maximum atomic E-state index is 13.3. The minimum absolute atomic E-state index is 0.00986. The molecule has 0 aromatic heterocycles. The van der Waals surface area contributed by atoms with Gasteiger partial charge in [0, 0.05) is 7.05 Å². The molecule has 4 nitrogen and oxygen atoms in total. The quantitative estimate of drug-likeness (QED) is 0.655. The van der Waals surface area contributed by atoms with E-state index in [4.69, 9.17) is 5.73 Å². The van der Waals surface area contributed by atoms with Crippen LogP contribution in [0.25, 0.3) is 0 Å². The number of hydrogen-bond acceptors (Lipinski definition) is 2. The highest BCUT2D eigenvalue weighted by atomic mass is 32.1. The SMILES string of the molecule is CNC(=O)c1cccc(F)c1NC(N)=S. The molecule has 15 heavy (non-hydrogen) atoms. The molecule has 1 amide bonds. The number of halogens is 1. The Kier molecular flexibility index (Phi) is 3.56. The van der Waals surface area contributed by atoms with Crippen molar-refractivity contribution in [3.05, 3.63) is 29.6 Å². The van der Waals surface area contributed by atoms with Gasteiger partial charge in [0.1, 0.15) is 5.82 Å². The first-order valence-electron chi connectivity index (χ1n) is 4.13. The molecule has 0 aliphatic rings. The smallest absolute Gasteiger partial charge is 0.253 e. The fourth-order valence-electron chi connectivity index (χ4n) is 1.10. The summed E-state index contributed by atoms with van der Waals surface area (Å²) in [4.78, 5) is 11.4. The molecule has 0 saturated carbocycles. The number of carbonyl (C=O) groups excluding carboxylic acids is 1. The lowest BCUT2D eigenvalue weighted by Gasteiger charge is -2.10. The van der Waals surface area contributed by atoms with Crippen molar-refractivity contribution in [1.82, 2.24) is 5.32 Å². The van der Waals surface area contributed by atoms with Crippen LogP contribution in [0.2, 0.25) is 0 Å². The highest BCUT2D eigenvalue weighted by molar-refractivity contribution is 7.80. The summed E-state index contributed by atoms with van der Waals surface area (Å²) >= 11 is 4.59. The van der Waals surface area contributed by atoms with E-state index in [0.29, 0.717) is 0 Å². The number of nitrogens with one attached hydrogen (secondary N) is 2. The maximum absolute atomic E-state index is 13.3. The largest absolute Gasteiger partial charge is 0.376 e. The van der Waals surface area contributed by atoms with Crippen LogP contribution in [0, 0.1) is 5.82 Å². The Morgan fingerprint density at radius 1 is 1.53 bits per heavy atom. The van der Waals surface area contributed by atoms with E-state index in [1.165, 1.54) is 25.2 Å². The molecule has 0 aliphatic carbocycles. The van der Waals surface area contributed by atoms with Crippen molar-refractivity contribution >= 4 is 28.9 Å². The Bertz CT molecular complexity index is 408. The molecule has 0 saturated heterocycles. The van der Waals surface area contributed by atoms with Crippen LogP contribution >= 0.6 is 12.2 Å². The highest BCUT2D eigenvalue weighted by Gasteiger charge is 2.13. The highest BCUT2D eigenvalue weighted by Crippen LogP contribution is 2.19. The lowest BCUT2D eigenvalue weighted by atomic mass is 10.1. The second-order valence-electron chi connectivity index (χ2n) is 2.73. The molecular weight excluding hydrogens is 217 g/mol. The fraction of sp³-hybridized carbons (Fsp3) is 0.111. The van der Waals surface area contributed by atoms with Gasteiger partial charge >= 0.3 is 0 Å². The molecule has 1 aromatic carbocycles. The average molecular weight is 227 g/mol. The van der Waals surface area contributed by atoms with Gasteiger partial charge in [0.2, 0.25) is 0 Å². The number of nitrogens with two attached hydrogens (primary N) is 1. The van der Waals surface area contributed by atoms with Gasteiger partial charge in [0.15, 0.2) is 5.11 Å². The second kappa shape index (κ2) is 4.70. The van der Waals surface area contributed by atoms with Crippen LogP contribution in [0.15, 0.2) is 18.2 Å². The predicted molar refractivity (Wildman–Crippen MR) is 60.2 cm³/mol. The number of amides is 1. The molecule has 0 atom stereocenters. The maximum Gasteiger partial charge on any atom is 0.253 e. The summed E-state index contributed by atoms with van der Waals surface area (Å²) in [6, 6.07) is 4.13. The first-order chi connectivity index (χ1) is 7.06. The van der Waals surface area contributed by atoms with E-state index in [1.807, 2.05) is 0 Å². The normalized spacial score (nSPS) is 9.47. The van der Waals surface area contributed by atoms with Gasteiger partial charge in [-0.05, 0) is 24.4 Å². The van der Waals surface area contributed by atoms with Crippen molar-refractivity contribution in [2.45, 2.75) is 0 Å². The van der Waals surface area contributed by atoms with E-state index < -0.39 is 11.7 Å². The third-order valence-electron chi connectivity index (χ3n) is 1.73. The van der Waals surface area contributed by atoms with Gasteiger partial charge in [-0.2, -0.15) is 0 Å².